The minimum Gasteiger partial charge on any atom is -0.340 e. The molecule has 1 amide bonds. The van der Waals surface area contributed by atoms with Crippen molar-refractivity contribution in [1.82, 2.24) is 9.80 Å². The van der Waals surface area contributed by atoms with Gasteiger partial charge in [0.1, 0.15) is 0 Å². The Labute approximate surface area is 138 Å². The molecule has 0 aromatic heterocycles. The van der Waals surface area contributed by atoms with Gasteiger partial charge in [0.05, 0.1) is 23.6 Å². The van der Waals surface area contributed by atoms with E-state index in [1.165, 1.54) is 0 Å². The highest BCUT2D eigenvalue weighted by molar-refractivity contribution is 7.91. The van der Waals surface area contributed by atoms with Crippen molar-refractivity contribution in [1.29, 1.82) is 0 Å². The number of rotatable bonds is 5. The van der Waals surface area contributed by atoms with Gasteiger partial charge in [-0.2, -0.15) is 0 Å². The van der Waals surface area contributed by atoms with E-state index >= 15 is 0 Å². The van der Waals surface area contributed by atoms with Crippen LogP contribution in [0.25, 0.3) is 0 Å². The fourth-order valence-corrected chi connectivity index (χ4v) is 3.54. The van der Waals surface area contributed by atoms with Crippen molar-refractivity contribution in [3.63, 3.8) is 0 Å². The van der Waals surface area contributed by atoms with Gasteiger partial charge in [0, 0.05) is 26.2 Å². The second-order valence-electron chi connectivity index (χ2n) is 5.59. The number of nitrogens with zero attached hydrogens (tertiary/aromatic N) is 2. The largest absolute Gasteiger partial charge is 0.340 e. The monoisotopic (exact) mass is 334 g/mol. The molecule has 1 fully saturated rings. The van der Waals surface area contributed by atoms with Crippen molar-refractivity contribution in [3.05, 3.63) is 29.8 Å². The third kappa shape index (κ3) is 4.57. The second kappa shape index (κ2) is 7.62. The molecule has 1 aromatic rings. The summed E-state index contributed by atoms with van der Waals surface area (Å²) in [6.45, 7) is 5.10. The highest BCUT2D eigenvalue weighted by Crippen LogP contribution is 2.15. The maximum Gasteiger partial charge on any atom is 0.227 e. The average molecular weight is 334 g/mol. The van der Waals surface area contributed by atoms with Crippen LogP contribution in [0.15, 0.2) is 29.2 Å². The number of benzene rings is 1. The van der Waals surface area contributed by atoms with Crippen molar-refractivity contribution in [2.45, 2.75) is 18.2 Å². The third-order valence-corrected chi connectivity index (χ3v) is 5.77. The molecule has 1 heterocycles. The number of hydrogen-bond acceptors (Lipinski definition) is 4. The molecule has 0 N–H and O–H groups in total. The number of terminal acetylenes is 1. The molecule has 1 saturated heterocycles. The predicted molar refractivity (Wildman–Crippen MR) is 89.7 cm³/mol. The summed E-state index contributed by atoms with van der Waals surface area (Å²) in [5.41, 5.74) is 0.732. The first kappa shape index (κ1) is 17.5. The van der Waals surface area contributed by atoms with Crippen LogP contribution in [0.3, 0.4) is 0 Å². The van der Waals surface area contributed by atoms with Gasteiger partial charge >= 0.3 is 0 Å². The summed E-state index contributed by atoms with van der Waals surface area (Å²) in [6, 6.07) is 6.66. The van der Waals surface area contributed by atoms with Crippen molar-refractivity contribution in [2.24, 2.45) is 0 Å². The summed E-state index contributed by atoms with van der Waals surface area (Å²) in [6.07, 6.45) is 5.52. The molecule has 0 aliphatic carbocycles. The average Bonchev–Trinajstić information content (AvgIpc) is 2.56. The van der Waals surface area contributed by atoms with Crippen LogP contribution in [-0.4, -0.2) is 62.6 Å². The van der Waals surface area contributed by atoms with E-state index in [1.807, 2.05) is 4.90 Å². The number of carbonyl (C=O) groups is 1. The molecule has 0 spiro atoms. The number of amides is 1. The van der Waals surface area contributed by atoms with Gasteiger partial charge in [0.15, 0.2) is 9.84 Å². The van der Waals surface area contributed by atoms with E-state index in [9.17, 15) is 13.2 Å². The predicted octanol–water partition coefficient (Wildman–Crippen LogP) is 0.800. The summed E-state index contributed by atoms with van der Waals surface area (Å²) in [7, 11) is -3.25. The Hall–Kier alpha value is -1.84. The Balaban J connectivity index is 1.99. The standard InChI is InChI=1S/C17H22N2O3S/c1-3-8-18-9-11-19(12-10-18)17(20)14-15-6-5-7-16(13-15)23(21,22)4-2/h1,5-7,13H,4,8-12,14H2,2H3. The molecule has 124 valence electrons. The lowest BCUT2D eigenvalue weighted by Crippen LogP contribution is -2.49. The van der Waals surface area contributed by atoms with Crippen LogP contribution in [0.4, 0.5) is 0 Å². The van der Waals surface area contributed by atoms with Gasteiger partial charge in [-0.3, -0.25) is 9.69 Å². The molecular formula is C17H22N2O3S. The molecule has 0 radical (unpaired) electrons. The molecule has 0 atom stereocenters. The van der Waals surface area contributed by atoms with E-state index in [0.717, 1.165) is 18.7 Å². The van der Waals surface area contributed by atoms with E-state index < -0.39 is 9.84 Å². The SMILES string of the molecule is C#CCN1CCN(C(=O)Cc2cccc(S(=O)(=O)CC)c2)CC1. The second-order valence-corrected chi connectivity index (χ2v) is 7.87. The lowest BCUT2D eigenvalue weighted by molar-refractivity contribution is -0.132. The molecule has 2 rings (SSSR count). The fraction of sp³-hybridized carbons (Fsp3) is 0.471. The molecule has 0 unspecified atom stereocenters. The van der Waals surface area contributed by atoms with Gasteiger partial charge in [-0.15, -0.1) is 6.42 Å². The van der Waals surface area contributed by atoms with Gasteiger partial charge in [0.2, 0.25) is 5.91 Å². The first-order valence-corrected chi connectivity index (χ1v) is 9.37. The van der Waals surface area contributed by atoms with Gasteiger partial charge < -0.3 is 4.90 Å². The van der Waals surface area contributed by atoms with Crippen LogP contribution < -0.4 is 0 Å². The summed E-state index contributed by atoms with van der Waals surface area (Å²) in [5, 5.41) is 0. The van der Waals surface area contributed by atoms with Crippen LogP contribution in [0.1, 0.15) is 12.5 Å². The van der Waals surface area contributed by atoms with Crippen LogP contribution in [0.2, 0.25) is 0 Å². The normalized spacial score (nSPS) is 16.1. The summed E-state index contributed by atoms with van der Waals surface area (Å²) < 4.78 is 23.8. The van der Waals surface area contributed by atoms with E-state index in [0.29, 0.717) is 19.6 Å². The zero-order valence-corrected chi connectivity index (χ0v) is 14.2. The minimum absolute atomic E-state index is 0.0244. The first-order valence-electron chi connectivity index (χ1n) is 7.71. The maximum atomic E-state index is 12.4. The third-order valence-electron chi connectivity index (χ3n) is 4.03. The van der Waals surface area contributed by atoms with E-state index in [4.69, 9.17) is 6.42 Å². The van der Waals surface area contributed by atoms with Crippen molar-refractivity contribution >= 4 is 15.7 Å². The zero-order valence-electron chi connectivity index (χ0n) is 13.4. The first-order chi connectivity index (χ1) is 11.0. The van der Waals surface area contributed by atoms with Crippen LogP contribution >= 0.6 is 0 Å². The Morgan fingerprint density at radius 1 is 1.26 bits per heavy atom. The lowest BCUT2D eigenvalue weighted by atomic mass is 10.1. The van der Waals surface area contributed by atoms with Crippen molar-refractivity contribution < 1.29 is 13.2 Å². The molecule has 5 nitrogen and oxygen atoms in total. The van der Waals surface area contributed by atoms with Gasteiger partial charge in [-0.25, -0.2) is 8.42 Å². The Morgan fingerprint density at radius 2 is 1.96 bits per heavy atom. The van der Waals surface area contributed by atoms with Crippen LogP contribution in [0.5, 0.6) is 0 Å². The molecule has 1 aromatic carbocycles. The molecule has 1 aliphatic heterocycles. The van der Waals surface area contributed by atoms with E-state index in [1.54, 1.807) is 31.2 Å². The highest BCUT2D eigenvalue weighted by Gasteiger charge is 2.21. The lowest BCUT2D eigenvalue weighted by Gasteiger charge is -2.33. The molecule has 6 heteroatoms. The Kier molecular flexibility index (Phi) is 5.80. The molecular weight excluding hydrogens is 312 g/mol. The molecule has 1 aliphatic rings. The summed E-state index contributed by atoms with van der Waals surface area (Å²) in [4.78, 5) is 16.6. The Bertz CT molecular complexity index is 699. The topological polar surface area (TPSA) is 57.7 Å². The fourth-order valence-electron chi connectivity index (χ4n) is 2.59. The Morgan fingerprint density at radius 3 is 2.57 bits per heavy atom. The van der Waals surface area contributed by atoms with Crippen LogP contribution in [0, 0.1) is 12.3 Å². The zero-order chi connectivity index (χ0) is 16.9. The van der Waals surface area contributed by atoms with E-state index in [-0.39, 0.29) is 23.0 Å². The molecule has 0 bridgehead atoms. The van der Waals surface area contributed by atoms with Crippen molar-refractivity contribution in [2.75, 3.05) is 38.5 Å². The number of piperazine rings is 1. The summed E-state index contributed by atoms with van der Waals surface area (Å²) >= 11 is 0. The van der Waals surface area contributed by atoms with Crippen molar-refractivity contribution in [3.8, 4) is 12.3 Å². The number of sulfone groups is 1. The smallest absolute Gasteiger partial charge is 0.227 e. The van der Waals surface area contributed by atoms with Gasteiger partial charge in [-0.05, 0) is 17.7 Å². The van der Waals surface area contributed by atoms with E-state index in [2.05, 4.69) is 10.8 Å². The number of hydrogen-bond donors (Lipinski definition) is 0. The quantitative estimate of drug-likeness (QED) is 0.748. The maximum absolute atomic E-state index is 12.4. The molecule has 23 heavy (non-hydrogen) atoms. The van der Waals surface area contributed by atoms with Gasteiger partial charge in [0.25, 0.3) is 0 Å². The summed E-state index contributed by atoms with van der Waals surface area (Å²) in [5.74, 6) is 2.69. The van der Waals surface area contributed by atoms with Gasteiger partial charge in [-0.1, -0.05) is 25.0 Å². The minimum atomic E-state index is -3.25. The molecule has 0 saturated carbocycles. The highest BCUT2D eigenvalue weighted by atomic mass is 32.2. The number of carbonyl (C=O) groups excluding carboxylic acids is 1. The van der Waals surface area contributed by atoms with Crippen LogP contribution in [-0.2, 0) is 21.1 Å².